The Bertz CT molecular complexity index is 1050. The Morgan fingerprint density at radius 3 is 2.41 bits per heavy atom. The summed E-state index contributed by atoms with van der Waals surface area (Å²) in [7, 11) is 0. The van der Waals surface area contributed by atoms with Crippen molar-refractivity contribution in [3.63, 3.8) is 0 Å². The smallest absolute Gasteiger partial charge is 0.208 e. The number of nitrogens with two attached hydrogens (primary N) is 1. The largest absolute Gasteiger partial charge is 0.444 e. The van der Waals surface area contributed by atoms with Crippen molar-refractivity contribution in [2.45, 2.75) is 13.3 Å². The fourth-order valence-electron chi connectivity index (χ4n) is 2.92. The average Bonchev–Trinajstić information content (AvgIpc) is 3.06. The van der Waals surface area contributed by atoms with Crippen molar-refractivity contribution in [2.24, 2.45) is 0 Å². The van der Waals surface area contributed by atoms with Gasteiger partial charge in [-0.05, 0) is 18.6 Å². The van der Waals surface area contributed by atoms with Crippen LogP contribution in [0.5, 0.6) is 10.8 Å². The molecule has 2 heterocycles. The van der Waals surface area contributed by atoms with Gasteiger partial charge in [0.05, 0.1) is 5.01 Å². The first-order valence-electron chi connectivity index (χ1n) is 8.68. The molecular weight excluding hydrogens is 354 g/mol. The Morgan fingerprint density at radius 1 is 0.963 bits per heavy atom. The van der Waals surface area contributed by atoms with Crippen LogP contribution in [0.2, 0.25) is 0 Å². The van der Waals surface area contributed by atoms with E-state index < -0.39 is 0 Å². The molecule has 0 amide bonds. The van der Waals surface area contributed by atoms with Gasteiger partial charge in [0.25, 0.3) is 0 Å². The molecule has 0 saturated carbocycles. The van der Waals surface area contributed by atoms with Gasteiger partial charge in [0.1, 0.15) is 17.3 Å². The zero-order chi connectivity index (χ0) is 18.6. The molecule has 4 rings (SSSR count). The van der Waals surface area contributed by atoms with Crippen molar-refractivity contribution < 1.29 is 4.74 Å². The Labute approximate surface area is 162 Å². The molecule has 2 aromatic carbocycles. The minimum absolute atomic E-state index is 0.485. The van der Waals surface area contributed by atoms with Crippen molar-refractivity contribution >= 4 is 17.2 Å². The van der Waals surface area contributed by atoms with Gasteiger partial charge >= 0.3 is 0 Å². The quantitative estimate of drug-likeness (QED) is 0.503. The third-order valence-corrected chi connectivity index (χ3v) is 5.07. The molecular formula is C22H19N3OS. The van der Waals surface area contributed by atoms with Gasteiger partial charge in [-0.25, -0.2) is 9.97 Å². The van der Waals surface area contributed by atoms with E-state index in [0.29, 0.717) is 18.0 Å². The lowest BCUT2D eigenvalue weighted by Crippen LogP contribution is -2.01. The fraction of sp³-hybridized carbons (Fsp3) is 0.0909. The topological polar surface area (TPSA) is 61.0 Å². The monoisotopic (exact) mass is 373 g/mol. The van der Waals surface area contributed by atoms with Crippen LogP contribution in [-0.2, 0) is 6.42 Å². The number of rotatable bonds is 5. The number of thiazole rings is 1. The number of pyridine rings is 1. The van der Waals surface area contributed by atoms with E-state index >= 15 is 0 Å². The molecule has 0 bridgehead atoms. The molecule has 0 fully saturated rings. The molecule has 27 heavy (non-hydrogen) atoms. The van der Waals surface area contributed by atoms with Gasteiger partial charge in [-0.15, -0.1) is 0 Å². The SMILES string of the molecule is Cc1nc(-c2ccccc2)c(Oc2ccnc(N)c2Cc2ccccc2)s1. The highest BCUT2D eigenvalue weighted by atomic mass is 32.1. The second kappa shape index (κ2) is 7.60. The van der Waals surface area contributed by atoms with E-state index in [1.54, 1.807) is 6.20 Å². The molecule has 0 spiro atoms. The number of ether oxygens (including phenoxy) is 1. The van der Waals surface area contributed by atoms with Crippen LogP contribution in [0.25, 0.3) is 11.3 Å². The lowest BCUT2D eigenvalue weighted by atomic mass is 10.1. The molecule has 4 aromatic rings. The zero-order valence-corrected chi connectivity index (χ0v) is 15.7. The molecule has 134 valence electrons. The predicted molar refractivity (Wildman–Crippen MR) is 110 cm³/mol. The highest BCUT2D eigenvalue weighted by Crippen LogP contribution is 2.40. The summed E-state index contributed by atoms with van der Waals surface area (Å²) in [5.74, 6) is 1.20. The number of benzene rings is 2. The lowest BCUT2D eigenvalue weighted by molar-refractivity contribution is 0.491. The molecule has 0 unspecified atom stereocenters. The standard InChI is InChI=1S/C22H19N3OS/c1-15-25-20(17-10-6-3-7-11-17)22(27-15)26-19-12-13-24-21(23)18(19)14-16-8-4-2-5-9-16/h2-13H,14H2,1H3,(H2,23,24). The minimum atomic E-state index is 0.485. The summed E-state index contributed by atoms with van der Waals surface area (Å²) in [5, 5.41) is 1.72. The molecule has 0 aliphatic carbocycles. The second-order valence-electron chi connectivity index (χ2n) is 6.17. The Kier molecular flexibility index (Phi) is 4.85. The van der Waals surface area contributed by atoms with E-state index in [1.807, 2.05) is 61.5 Å². The highest BCUT2D eigenvalue weighted by Gasteiger charge is 2.17. The van der Waals surface area contributed by atoms with E-state index in [1.165, 1.54) is 11.3 Å². The third kappa shape index (κ3) is 3.83. The highest BCUT2D eigenvalue weighted by molar-refractivity contribution is 7.13. The van der Waals surface area contributed by atoms with Crippen molar-refractivity contribution in [2.75, 3.05) is 5.73 Å². The number of aromatic nitrogens is 2. The number of hydrogen-bond acceptors (Lipinski definition) is 5. The third-order valence-electron chi connectivity index (χ3n) is 4.22. The molecule has 0 saturated heterocycles. The van der Waals surface area contributed by atoms with Crippen molar-refractivity contribution in [1.29, 1.82) is 0 Å². The molecule has 0 aliphatic rings. The molecule has 2 aromatic heterocycles. The van der Waals surface area contributed by atoms with Crippen molar-refractivity contribution in [3.05, 3.63) is 89.1 Å². The van der Waals surface area contributed by atoms with Gasteiger partial charge < -0.3 is 10.5 Å². The summed E-state index contributed by atoms with van der Waals surface area (Å²) in [6.45, 7) is 1.98. The first-order valence-corrected chi connectivity index (χ1v) is 9.50. The van der Waals surface area contributed by atoms with Crippen LogP contribution in [0.3, 0.4) is 0 Å². The van der Waals surface area contributed by atoms with E-state index in [4.69, 9.17) is 10.5 Å². The summed E-state index contributed by atoms with van der Waals surface area (Å²) in [4.78, 5) is 8.91. The van der Waals surface area contributed by atoms with Crippen LogP contribution in [0.1, 0.15) is 16.1 Å². The average molecular weight is 373 g/mol. The molecule has 4 nitrogen and oxygen atoms in total. The Morgan fingerprint density at radius 2 is 1.67 bits per heavy atom. The molecule has 2 N–H and O–H groups in total. The van der Waals surface area contributed by atoms with Gasteiger partial charge in [-0.2, -0.15) is 0 Å². The number of hydrogen-bond donors (Lipinski definition) is 1. The summed E-state index contributed by atoms with van der Waals surface area (Å²) >= 11 is 1.53. The number of nitrogens with zero attached hydrogens (tertiary/aromatic N) is 2. The van der Waals surface area contributed by atoms with E-state index in [0.717, 1.165) is 32.5 Å². The van der Waals surface area contributed by atoms with Crippen LogP contribution in [-0.4, -0.2) is 9.97 Å². The lowest BCUT2D eigenvalue weighted by Gasteiger charge is -2.12. The fourth-order valence-corrected chi connectivity index (χ4v) is 3.72. The van der Waals surface area contributed by atoms with Gasteiger partial charge in [0.15, 0.2) is 0 Å². The van der Waals surface area contributed by atoms with E-state index in [-0.39, 0.29) is 0 Å². The number of anilines is 1. The normalized spacial score (nSPS) is 10.7. The first kappa shape index (κ1) is 17.2. The molecule has 5 heteroatoms. The maximum atomic E-state index is 6.30. The van der Waals surface area contributed by atoms with Gasteiger partial charge in [0.2, 0.25) is 5.06 Å². The van der Waals surface area contributed by atoms with E-state index in [9.17, 15) is 0 Å². The van der Waals surface area contributed by atoms with Gasteiger partial charge in [-0.3, -0.25) is 0 Å². The Balaban J connectivity index is 1.71. The zero-order valence-electron chi connectivity index (χ0n) is 14.9. The summed E-state index contributed by atoms with van der Waals surface area (Å²) in [5.41, 5.74) is 10.1. The number of nitrogen functional groups attached to an aromatic ring is 1. The summed E-state index contributed by atoms with van der Waals surface area (Å²) in [6.07, 6.45) is 2.34. The van der Waals surface area contributed by atoms with Crippen molar-refractivity contribution in [3.8, 4) is 22.1 Å². The Hall–Kier alpha value is -3.18. The maximum absolute atomic E-state index is 6.30. The van der Waals surface area contributed by atoms with Crippen LogP contribution < -0.4 is 10.5 Å². The van der Waals surface area contributed by atoms with Crippen LogP contribution >= 0.6 is 11.3 Å². The van der Waals surface area contributed by atoms with Crippen LogP contribution in [0.4, 0.5) is 5.82 Å². The predicted octanol–water partition coefficient (Wildman–Crippen LogP) is 5.48. The van der Waals surface area contributed by atoms with Gasteiger partial charge in [0, 0.05) is 23.7 Å². The first-order chi connectivity index (χ1) is 13.2. The maximum Gasteiger partial charge on any atom is 0.208 e. The summed E-state index contributed by atoms with van der Waals surface area (Å²) < 4.78 is 6.30. The molecule has 0 atom stereocenters. The number of aryl methyl sites for hydroxylation is 1. The van der Waals surface area contributed by atoms with Crippen LogP contribution in [0, 0.1) is 6.92 Å². The van der Waals surface area contributed by atoms with Crippen molar-refractivity contribution in [1.82, 2.24) is 9.97 Å². The van der Waals surface area contributed by atoms with E-state index in [2.05, 4.69) is 22.1 Å². The van der Waals surface area contributed by atoms with Crippen LogP contribution in [0.15, 0.2) is 72.9 Å². The summed E-state index contributed by atoms with van der Waals surface area (Å²) in [6, 6.07) is 22.1. The second-order valence-corrected chi connectivity index (χ2v) is 7.34. The minimum Gasteiger partial charge on any atom is -0.444 e. The molecule has 0 radical (unpaired) electrons. The van der Waals surface area contributed by atoms with Gasteiger partial charge in [-0.1, -0.05) is 72.0 Å². The molecule has 0 aliphatic heterocycles.